The van der Waals surface area contributed by atoms with Gasteiger partial charge in [0.15, 0.2) is 16.3 Å². The number of amides is 1. The summed E-state index contributed by atoms with van der Waals surface area (Å²) in [4.78, 5) is 32.9. The van der Waals surface area contributed by atoms with Gasteiger partial charge in [0.2, 0.25) is 0 Å². The number of methoxy groups -OCH3 is 2. The number of rotatable bonds is 8. The summed E-state index contributed by atoms with van der Waals surface area (Å²) in [7, 11) is 3.17. The van der Waals surface area contributed by atoms with Crippen molar-refractivity contribution in [3.05, 3.63) is 115 Å². The van der Waals surface area contributed by atoms with E-state index >= 15 is 0 Å². The molecule has 0 spiro atoms. The molecule has 0 radical (unpaired) electrons. The number of carbonyl (C=O) groups is 1. The molecule has 8 nitrogen and oxygen atoms in total. The number of thiazole rings is 1. The van der Waals surface area contributed by atoms with Gasteiger partial charge < -0.3 is 19.5 Å². The molecule has 9 heteroatoms. The first kappa shape index (κ1) is 27.0. The van der Waals surface area contributed by atoms with Crippen LogP contribution in [0.2, 0.25) is 0 Å². The molecule has 1 aliphatic rings. The third-order valence-corrected chi connectivity index (χ3v) is 7.48. The van der Waals surface area contributed by atoms with Crippen LogP contribution in [0.4, 0.5) is 5.69 Å². The number of allylic oxidation sites excluding steroid dienone is 1. The molecule has 204 valence electrons. The van der Waals surface area contributed by atoms with Crippen LogP contribution in [0.1, 0.15) is 31.0 Å². The Morgan fingerprint density at radius 2 is 1.82 bits per heavy atom. The topological polar surface area (TPSA) is 91.2 Å². The summed E-state index contributed by atoms with van der Waals surface area (Å²) in [6.07, 6.45) is 1.80. The predicted octanol–water partition coefficient (Wildman–Crippen LogP) is 4.29. The molecule has 0 fully saturated rings. The molecule has 0 bridgehead atoms. The number of anilines is 1. The number of ether oxygens (including phenoxy) is 3. The molecule has 3 aromatic carbocycles. The second-order valence-electron chi connectivity index (χ2n) is 9.02. The Labute approximate surface area is 235 Å². The van der Waals surface area contributed by atoms with E-state index in [0.29, 0.717) is 50.1 Å². The summed E-state index contributed by atoms with van der Waals surface area (Å²) in [5, 5.41) is 2.96. The van der Waals surface area contributed by atoms with Crippen LogP contribution in [0, 0.1) is 0 Å². The standard InChI is InChI=1S/C31H29N3O5S/c1-5-39-25-16-20(14-15-24(25)38-4)17-26-30(36)34-28(21-10-9-13-23(18-21)37-3)27(19(2)32-31(34)40-26)29(35)33-22-11-7-6-8-12-22/h6-18,28H,5H2,1-4H3,(H,33,35)/b26-17-/t28-/m0/s1. The molecule has 40 heavy (non-hydrogen) atoms. The number of nitrogens with zero attached hydrogens (tertiary/aromatic N) is 2. The Morgan fingerprint density at radius 1 is 1.02 bits per heavy atom. The lowest BCUT2D eigenvalue weighted by Gasteiger charge is -2.25. The highest BCUT2D eigenvalue weighted by Gasteiger charge is 2.32. The third kappa shape index (κ3) is 5.28. The number of nitrogens with one attached hydrogen (secondary N) is 1. The van der Waals surface area contributed by atoms with Crippen molar-refractivity contribution >= 4 is 29.0 Å². The first-order valence-electron chi connectivity index (χ1n) is 12.8. The lowest BCUT2D eigenvalue weighted by Crippen LogP contribution is -2.40. The molecule has 1 aliphatic heterocycles. The minimum absolute atomic E-state index is 0.247. The van der Waals surface area contributed by atoms with Gasteiger partial charge in [0.25, 0.3) is 11.5 Å². The van der Waals surface area contributed by atoms with E-state index in [4.69, 9.17) is 19.2 Å². The number of hydrogen-bond acceptors (Lipinski definition) is 7. The molecule has 1 atom stereocenters. The molecule has 0 saturated carbocycles. The van der Waals surface area contributed by atoms with E-state index in [-0.39, 0.29) is 11.5 Å². The van der Waals surface area contributed by atoms with Crippen molar-refractivity contribution in [3.8, 4) is 17.2 Å². The summed E-state index contributed by atoms with van der Waals surface area (Å²) in [5.41, 5.74) is 2.85. The summed E-state index contributed by atoms with van der Waals surface area (Å²) >= 11 is 1.27. The van der Waals surface area contributed by atoms with Gasteiger partial charge in [0, 0.05) is 5.69 Å². The van der Waals surface area contributed by atoms with E-state index in [0.717, 1.165) is 11.1 Å². The maximum absolute atomic E-state index is 14.0. The van der Waals surface area contributed by atoms with Gasteiger partial charge in [0.1, 0.15) is 5.75 Å². The molecule has 0 aliphatic carbocycles. The number of benzene rings is 3. The molecular formula is C31H29N3O5S. The monoisotopic (exact) mass is 555 g/mol. The zero-order valence-corrected chi connectivity index (χ0v) is 23.5. The van der Waals surface area contributed by atoms with Crippen LogP contribution < -0.4 is 34.4 Å². The van der Waals surface area contributed by atoms with Crippen LogP contribution in [-0.4, -0.2) is 31.3 Å². The summed E-state index contributed by atoms with van der Waals surface area (Å²) in [5.74, 6) is 1.50. The van der Waals surface area contributed by atoms with Crippen molar-refractivity contribution in [3.63, 3.8) is 0 Å². The molecule has 1 aromatic heterocycles. The van der Waals surface area contributed by atoms with Gasteiger partial charge in [-0.25, -0.2) is 4.99 Å². The van der Waals surface area contributed by atoms with Gasteiger partial charge >= 0.3 is 0 Å². The number of hydrogen-bond donors (Lipinski definition) is 1. The number of aromatic nitrogens is 1. The molecular weight excluding hydrogens is 526 g/mol. The van der Waals surface area contributed by atoms with Crippen LogP contribution in [0.5, 0.6) is 17.2 Å². The van der Waals surface area contributed by atoms with E-state index < -0.39 is 6.04 Å². The Bertz CT molecular complexity index is 1770. The van der Waals surface area contributed by atoms with E-state index in [2.05, 4.69) is 5.32 Å². The van der Waals surface area contributed by atoms with Gasteiger partial charge in [-0.15, -0.1) is 0 Å². The highest BCUT2D eigenvalue weighted by molar-refractivity contribution is 7.07. The Morgan fingerprint density at radius 3 is 2.55 bits per heavy atom. The van der Waals surface area contributed by atoms with Crippen LogP contribution in [-0.2, 0) is 4.79 Å². The van der Waals surface area contributed by atoms with Gasteiger partial charge in [-0.1, -0.05) is 47.7 Å². The van der Waals surface area contributed by atoms with Crippen molar-refractivity contribution in [2.75, 3.05) is 26.1 Å². The fourth-order valence-electron chi connectivity index (χ4n) is 4.66. The molecule has 0 unspecified atom stereocenters. The molecule has 1 N–H and O–H groups in total. The molecule has 2 heterocycles. The second kappa shape index (κ2) is 11.6. The van der Waals surface area contributed by atoms with Crippen molar-refractivity contribution in [1.29, 1.82) is 0 Å². The largest absolute Gasteiger partial charge is 0.497 e. The highest BCUT2D eigenvalue weighted by Crippen LogP contribution is 2.32. The van der Waals surface area contributed by atoms with E-state index in [1.54, 1.807) is 31.8 Å². The summed E-state index contributed by atoms with van der Waals surface area (Å²) in [6, 6.07) is 21.4. The quantitative estimate of drug-likeness (QED) is 0.350. The molecule has 4 aromatic rings. The third-order valence-electron chi connectivity index (χ3n) is 6.49. The molecule has 5 rings (SSSR count). The van der Waals surface area contributed by atoms with Gasteiger partial charge in [-0.3, -0.25) is 14.2 Å². The second-order valence-corrected chi connectivity index (χ2v) is 10.0. The fourth-order valence-corrected chi connectivity index (χ4v) is 5.71. The van der Waals surface area contributed by atoms with E-state index in [1.807, 2.05) is 79.7 Å². The van der Waals surface area contributed by atoms with Gasteiger partial charge in [-0.05, 0) is 67.4 Å². The van der Waals surface area contributed by atoms with E-state index in [1.165, 1.54) is 11.3 Å². The van der Waals surface area contributed by atoms with Crippen molar-refractivity contribution in [2.24, 2.45) is 4.99 Å². The summed E-state index contributed by atoms with van der Waals surface area (Å²) in [6.45, 7) is 4.17. The fraction of sp³-hybridized carbons (Fsp3) is 0.194. The minimum atomic E-state index is -0.702. The number of para-hydroxylation sites is 1. The zero-order valence-electron chi connectivity index (χ0n) is 22.6. The molecule has 1 amide bonds. The minimum Gasteiger partial charge on any atom is -0.497 e. The van der Waals surface area contributed by atoms with Crippen LogP contribution >= 0.6 is 11.3 Å². The smallest absolute Gasteiger partial charge is 0.271 e. The van der Waals surface area contributed by atoms with Crippen LogP contribution in [0.3, 0.4) is 0 Å². The van der Waals surface area contributed by atoms with Crippen molar-refractivity contribution in [1.82, 2.24) is 4.57 Å². The molecule has 0 saturated heterocycles. The van der Waals surface area contributed by atoms with Crippen LogP contribution in [0.15, 0.2) is 93.9 Å². The number of fused-ring (bicyclic) bond motifs is 1. The maximum Gasteiger partial charge on any atom is 0.271 e. The first-order valence-corrected chi connectivity index (χ1v) is 13.6. The SMILES string of the molecule is CCOc1cc(/C=c2\sc3n(c2=O)[C@@H](c2cccc(OC)c2)C(C(=O)Nc2ccccc2)=C(C)N=3)ccc1OC. The zero-order chi connectivity index (χ0) is 28.2. The lowest BCUT2D eigenvalue weighted by molar-refractivity contribution is -0.113. The van der Waals surface area contributed by atoms with Gasteiger partial charge in [0.05, 0.1) is 42.7 Å². The normalized spacial score (nSPS) is 14.8. The average molecular weight is 556 g/mol. The van der Waals surface area contributed by atoms with Crippen molar-refractivity contribution < 1.29 is 19.0 Å². The van der Waals surface area contributed by atoms with Gasteiger partial charge in [-0.2, -0.15) is 0 Å². The first-order chi connectivity index (χ1) is 19.4. The Balaban J connectivity index is 1.66. The Kier molecular flexibility index (Phi) is 7.84. The highest BCUT2D eigenvalue weighted by atomic mass is 32.1. The summed E-state index contributed by atoms with van der Waals surface area (Å²) < 4.78 is 18.6. The maximum atomic E-state index is 14.0. The average Bonchev–Trinajstić information content (AvgIpc) is 3.27. The Hall–Kier alpha value is -4.63. The predicted molar refractivity (Wildman–Crippen MR) is 156 cm³/mol. The lowest BCUT2D eigenvalue weighted by atomic mass is 9.95. The van der Waals surface area contributed by atoms with Crippen LogP contribution in [0.25, 0.3) is 6.08 Å². The van der Waals surface area contributed by atoms with E-state index in [9.17, 15) is 9.59 Å². The van der Waals surface area contributed by atoms with Crippen molar-refractivity contribution in [2.45, 2.75) is 19.9 Å². The number of carbonyl (C=O) groups excluding carboxylic acids is 1.